The van der Waals surface area contributed by atoms with Gasteiger partial charge >= 0.3 is 5.97 Å². The van der Waals surface area contributed by atoms with Gasteiger partial charge in [0.05, 0.1) is 27.0 Å². The minimum absolute atomic E-state index is 0.0671. The molecule has 1 atom stereocenters. The molecule has 0 saturated carbocycles. The van der Waals surface area contributed by atoms with Crippen LogP contribution in [0.15, 0.2) is 54.1 Å². The molecule has 1 amide bonds. The van der Waals surface area contributed by atoms with E-state index in [0.717, 1.165) is 30.3 Å². The predicted octanol–water partition coefficient (Wildman–Crippen LogP) is 2.01. The van der Waals surface area contributed by atoms with Gasteiger partial charge in [-0.3, -0.25) is 34.6 Å². The highest BCUT2D eigenvalue weighted by molar-refractivity contribution is 6.47. The van der Waals surface area contributed by atoms with Gasteiger partial charge in [0.1, 0.15) is 12.3 Å². The topological polar surface area (TPSA) is 181 Å². The van der Waals surface area contributed by atoms with E-state index < -0.39 is 57.1 Å². The van der Waals surface area contributed by atoms with Crippen LogP contribution in [0.1, 0.15) is 17.2 Å². The van der Waals surface area contributed by atoms with Crippen molar-refractivity contribution in [3.8, 4) is 0 Å². The number of benzene rings is 2. The number of aliphatic carboxylic acids is 1. The second-order valence-corrected chi connectivity index (χ2v) is 6.44. The number of Topliss-reactive ketones (excluding diaryl/α,β-unsaturated/α-hetero) is 1. The lowest BCUT2D eigenvalue weighted by molar-refractivity contribution is -0.385. The van der Waals surface area contributed by atoms with E-state index >= 15 is 0 Å². The van der Waals surface area contributed by atoms with E-state index in [9.17, 15) is 39.7 Å². The number of nitrogens with zero attached hydrogens (tertiary/aromatic N) is 3. The molecule has 1 aliphatic rings. The number of aliphatic hydroxyl groups excluding tert-OH is 1. The summed E-state index contributed by atoms with van der Waals surface area (Å²) >= 11 is 0. The predicted molar refractivity (Wildman–Crippen MR) is 103 cm³/mol. The molecule has 12 nitrogen and oxygen atoms in total. The summed E-state index contributed by atoms with van der Waals surface area (Å²) in [5, 5.41) is 42.2. The minimum atomic E-state index is -1.55. The molecule has 2 aromatic rings. The van der Waals surface area contributed by atoms with Crippen LogP contribution in [-0.2, 0) is 14.4 Å². The number of aliphatic hydroxyl groups is 1. The molecule has 0 spiro atoms. The number of amides is 1. The van der Waals surface area contributed by atoms with E-state index in [4.69, 9.17) is 5.11 Å². The number of ketones is 1. The highest BCUT2D eigenvalue weighted by Gasteiger charge is 2.48. The molecule has 158 valence electrons. The number of likely N-dealkylation sites (tertiary alicyclic amines) is 1. The molecule has 2 aromatic carbocycles. The van der Waals surface area contributed by atoms with Gasteiger partial charge < -0.3 is 15.1 Å². The number of carboxylic acid groups (broad SMARTS) is 1. The van der Waals surface area contributed by atoms with Crippen LogP contribution >= 0.6 is 0 Å². The number of nitro groups is 2. The molecule has 0 aliphatic carbocycles. The Kier molecular flexibility index (Phi) is 5.46. The minimum Gasteiger partial charge on any atom is -0.507 e. The summed E-state index contributed by atoms with van der Waals surface area (Å²) < 4.78 is 0. The molecule has 1 aliphatic heterocycles. The normalized spacial score (nSPS) is 17.5. The first-order valence-electron chi connectivity index (χ1n) is 8.61. The van der Waals surface area contributed by atoms with Gasteiger partial charge in [-0.15, -0.1) is 0 Å². The molecular formula is C19H13N3O9. The zero-order chi connectivity index (χ0) is 22.9. The van der Waals surface area contributed by atoms with Crippen LogP contribution in [0.3, 0.4) is 0 Å². The second-order valence-electron chi connectivity index (χ2n) is 6.44. The molecule has 0 radical (unpaired) electrons. The van der Waals surface area contributed by atoms with Crippen LogP contribution in [0.2, 0.25) is 0 Å². The molecule has 12 heteroatoms. The van der Waals surface area contributed by atoms with Crippen LogP contribution in [0, 0.1) is 20.2 Å². The van der Waals surface area contributed by atoms with Gasteiger partial charge in [-0.1, -0.05) is 12.1 Å². The maximum atomic E-state index is 12.7. The van der Waals surface area contributed by atoms with Crippen molar-refractivity contribution in [3.63, 3.8) is 0 Å². The fraction of sp³-hybridized carbons (Fsp3) is 0.105. The number of para-hydroxylation sites is 1. The van der Waals surface area contributed by atoms with Gasteiger partial charge in [0.25, 0.3) is 23.1 Å². The number of carbonyl (C=O) groups excluding carboxylic acids is 2. The van der Waals surface area contributed by atoms with Gasteiger partial charge in [-0.2, -0.15) is 0 Å². The standard InChI is InChI=1S/C19H13N3O9/c23-14(24)9-20-16(12-3-1-2-4-13(12)22(30)31)15(18(26)19(20)27)17(25)10-5-7-11(8-6-10)21(28)29/h1-8,16,25H,9H2,(H,23,24)/b17-15+. The first-order valence-corrected chi connectivity index (χ1v) is 8.61. The van der Waals surface area contributed by atoms with E-state index in [1.807, 2.05) is 0 Å². The summed E-state index contributed by atoms with van der Waals surface area (Å²) in [6.07, 6.45) is 0. The lowest BCUT2D eigenvalue weighted by Crippen LogP contribution is -2.34. The maximum absolute atomic E-state index is 12.7. The number of nitro benzene ring substituents is 2. The van der Waals surface area contributed by atoms with Crippen molar-refractivity contribution in [1.82, 2.24) is 4.90 Å². The van der Waals surface area contributed by atoms with Crippen molar-refractivity contribution >= 4 is 34.8 Å². The van der Waals surface area contributed by atoms with E-state index in [1.54, 1.807) is 0 Å². The van der Waals surface area contributed by atoms with Crippen molar-refractivity contribution in [2.24, 2.45) is 0 Å². The van der Waals surface area contributed by atoms with Crippen molar-refractivity contribution in [2.75, 3.05) is 6.54 Å². The third-order valence-corrected chi connectivity index (χ3v) is 4.63. The number of hydrogen-bond donors (Lipinski definition) is 2. The first-order chi connectivity index (χ1) is 14.6. The fourth-order valence-corrected chi connectivity index (χ4v) is 3.29. The van der Waals surface area contributed by atoms with E-state index in [0.29, 0.717) is 4.90 Å². The number of carboxylic acids is 1. The molecule has 1 fully saturated rings. The Morgan fingerprint density at radius 3 is 2.13 bits per heavy atom. The Hall–Kier alpha value is -4.61. The summed E-state index contributed by atoms with van der Waals surface area (Å²) in [4.78, 5) is 57.9. The molecule has 0 aromatic heterocycles. The lowest BCUT2D eigenvalue weighted by atomic mass is 9.94. The summed E-state index contributed by atoms with van der Waals surface area (Å²) in [5.74, 6) is -4.71. The Bertz CT molecular complexity index is 1150. The van der Waals surface area contributed by atoms with Crippen LogP contribution in [0.4, 0.5) is 11.4 Å². The molecule has 31 heavy (non-hydrogen) atoms. The molecule has 1 saturated heterocycles. The van der Waals surface area contributed by atoms with Gasteiger partial charge in [-0.25, -0.2) is 0 Å². The van der Waals surface area contributed by atoms with Crippen molar-refractivity contribution < 1.29 is 34.4 Å². The maximum Gasteiger partial charge on any atom is 0.323 e. The highest BCUT2D eigenvalue weighted by Crippen LogP contribution is 2.42. The Labute approximate surface area is 172 Å². The number of rotatable bonds is 6. The average Bonchev–Trinajstić information content (AvgIpc) is 2.97. The summed E-state index contributed by atoms with van der Waals surface area (Å²) in [5.41, 5.74) is -1.58. The van der Waals surface area contributed by atoms with Crippen molar-refractivity contribution in [1.29, 1.82) is 0 Å². The first kappa shape index (κ1) is 21.1. The third kappa shape index (κ3) is 3.81. The zero-order valence-corrected chi connectivity index (χ0v) is 15.5. The Morgan fingerprint density at radius 1 is 0.968 bits per heavy atom. The number of carbonyl (C=O) groups is 3. The van der Waals surface area contributed by atoms with Gasteiger partial charge in [0, 0.05) is 23.8 Å². The quantitative estimate of drug-likeness (QED) is 0.229. The van der Waals surface area contributed by atoms with Crippen LogP contribution in [0.5, 0.6) is 0 Å². The van der Waals surface area contributed by atoms with Crippen LogP contribution in [0.25, 0.3) is 5.76 Å². The molecule has 1 heterocycles. The largest absolute Gasteiger partial charge is 0.507 e. The van der Waals surface area contributed by atoms with Gasteiger partial charge in [0.2, 0.25) is 0 Å². The fourth-order valence-electron chi connectivity index (χ4n) is 3.29. The van der Waals surface area contributed by atoms with Crippen LogP contribution in [-0.4, -0.2) is 49.2 Å². The zero-order valence-electron chi connectivity index (χ0n) is 15.5. The average molecular weight is 427 g/mol. The van der Waals surface area contributed by atoms with E-state index in [1.165, 1.54) is 18.2 Å². The molecule has 1 unspecified atom stereocenters. The van der Waals surface area contributed by atoms with Crippen molar-refractivity contribution in [2.45, 2.75) is 6.04 Å². The SMILES string of the molecule is O=C(O)CN1C(=O)C(=O)/C(=C(/O)c2ccc([N+](=O)[O-])cc2)C1c1ccccc1[N+](=O)[O-]. The highest BCUT2D eigenvalue weighted by atomic mass is 16.6. The third-order valence-electron chi connectivity index (χ3n) is 4.63. The van der Waals surface area contributed by atoms with Crippen LogP contribution < -0.4 is 0 Å². The monoisotopic (exact) mass is 427 g/mol. The van der Waals surface area contributed by atoms with E-state index in [-0.39, 0.29) is 16.8 Å². The number of non-ortho nitro benzene ring substituents is 1. The van der Waals surface area contributed by atoms with Gasteiger partial charge in [-0.05, 0) is 18.2 Å². The second kappa shape index (κ2) is 8.02. The summed E-state index contributed by atoms with van der Waals surface area (Å²) in [6.45, 7) is -0.946. The molecule has 2 N–H and O–H groups in total. The summed E-state index contributed by atoms with van der Waals surface area (Å²) in [6, 6.07) is 7.94. The smallest absolute Gasteiger partial charge is 0.323 e. The Balaban J connectivity index is 2.25. The number of hydrogen-bond acceptors (Lipinski definition) is 8. The van der Waals surface area contributed by atoms with E-state index in [2.05, 4.69) is 0 Å². The molecule has 3 rings (SSSR count). The molecular weight excluding hydrogens is 414 g/mol. The summed E-state index contributed by atoms with van der Waals surface area (Å²) in [7, 11) is 0. The Morgan fingerprint density at radius 2 is 1.58 bits per heavy atom. The van der Waals surface area contributed by atoms with Crippen molar-refractivity contribution in [3.05, 3.63) is 85.5 Å². The lowest BCUT2D eigenvalue weighted by Gasteiger charge is -2.23. The molecule has 0 bridgehead atoms. The van der Waals surface area contributed by atoms with Gasteiger partial charge in [0.15, 0.2) is 0 Å².